The van der Waals surface area contributed by atoms with Crippen molar-refractivity contribution < 1.29 is 18.3 Å². The molecule has 0 aliphatic carbocycles. The third-order valence-electron chi connectivity index (χ3n) is 2.99. The van der Waals surface area contributed by atoms with E-state index in [1.165, 1.54) is 12.1 Å². The minimum Gasteiger partial charge on any atom is -0.444 e. The summed E-state index contributed by atoms with van der Waals surface area (Å²) in [6.07, 6.45) is -0.175. The quantitative estimate of drug-likeness (QED) is 0.921. The number of benzene rings is 1. The van der Waals surface area contributed by atoms with Crippen molar-refractivity contribution in [2.45, 2.75) is 52.2 Å². The van der Waals surface area contributed by atoms with Gasteiger partial charge in [0.2, 0.25) is 11.8 Å². The zero-order chi connectivity index (χ0) is 18.0. The molecule has 1 heterocycles. The summed E-state index contributed by atoms with van der Waals surface area (Å²) in [4.78, 5) is 11.9. The van der Waals surface area contributed by atoms with E-state index in [4.69, 9.17) is 9.15 Å². The molecule has 2 aromatic rings. The van der Waals surface area contributed by atoms with Gasteiger partial charge >= 0.3 is 6.09 Å². The highest BCUT2D eigenvalue weighted by molar-refractivity contribution is 5.68. The number of hydrogen-bond acceptors (Lipinski definition) is 5. The van der Waals surface area contributed by atoms with E-state index in [1.807, 2.05) is 13.8 Å². The van der Waals surface area contributed by atoms with Crippen LogP contribution in [0, 0.1) is 5.82 Å². The number of nitrogens with zero attached hydrogens (tertiary/aromatic N) is 2. The summed E-state index contributed by atoms with van der Waals surface area (Å²) < 4.78 is 23.8. The number of rotatable bonds is 4. The lowest BCUT2D eigenvalue weighted by molar-refractivity contribution is 0.0470. The van der Waals surface area contributed by atoms with Gasteiger partial charge in [0, 0.05) is 17.5 Å². The zero-order valence-corrected chi connectivity index (χ0v) is 14.5. The molecular formula is C17H22FN3O3. The number of nitrogens with one attached hydrogen (secondary N) is 1. The summed E-state index contributed by atoms with van der Waals surface area (Å²) in [7, 11) is 0. The minimum absolute atomic E-state index is 0.304. The van der Waals surface area contributed by atoms with Crippen molar-refractivity contribution in [2.24, 2.45) is 0 Å². The van der Waals surface area contributed by atoms with Crippen molar-refractivity contribution in [3.63, 3.8) is 0 Å². The fourth-order valence-electron chi connectivity index (χ4n) is 2.04. The highest BCUT2D eigenvalue weighted by Crippen LogP contribution is 2.20. The van der Waals surface area contributed by atoms with Crippen LogP contribution in [-0.4, -0.2) is 27.4 Å². The van der Waals surface area contributed by atoms with Gasteiger partial charge in [0.25, 0.3) is 0 Å². The van der Waals surface area contributed by atoms with Crippen molar-refractivity contribution in [1.29, 1.82) is 0 Å². The molecule has 0 fully saturated rings. The molecule has 24 heavy (non-hydrogen) atoms. The average Bonchev–Trinajstić information content (AvgIpc) is 2.83. The van der Waals surface area contributed by atoms with Crippen LogP contribution in [0.5, 0.6) is 0 Å². The van der Waals surface area contributed by atoms with Gasteiger partial charge in [-0.2, -0.15) is 0 Å². The van der Waals surface area contributed by atoms with Gasteiger partial charge in [0.15, 0.2) is 0 Å². The van der Waals surface area contributed by atoms with Crippen LogP contribution in [0.1, 0.15) is 40.5 Å². The van der Waals surface area contributed by atoms with Gasteiger partial charge in [-0.3, -0.25) is 0 Å². The number of carbonyl (C=O) groups excluding carboxylic acids is 1. The smallest absolute Gasteiger partial charge is 0.408 e. The van der Waals surface area contributed by atoms with Gasteiger partial charge in [-0.15, -0.1) is 10.2 Å². The highest BCUT2D eigenvalue weighted by Gasteiger charge is 2.27. The van der Waals surface area contributed by atoms with Crippen LogP contribution in [-0.2, 0) is 11.2 Å². The van der Waals surface area contributed by atoms with E-state index in [0.29, 0.717) is 23.8 Å². The third kappa shape index (κ3) is 5.33. The van der Waals surface area contributed by atoms with E-state index in [0.717, 1.165) is 0 Å². The average molecular weight is 335 g/mol. The number of carbonyl (C=O) groups is 1. The summed E-state index contributed by atoms with van der Waals surface area (Å²) in [5, 5.41) is 10.7. The second kappa shape index (κ2) is 6.59. The molecule has 0 bridgehead atoms. The van der Waals surface area contributed by atoms with Crippen molar-refractivity contribution in [3.8, 4) is 11.5 Å². The van der Waals surface area contributed by atoms with E-state index in [-0.39, 0.29) is 5.82 Å². The maximum absolute atomic E-state index is 13.0. The molecule has 1 aromatic carbocycles. The van der Waals surface area contributed by atoms with Crippen LogP contribution in [0.4, 0.5) is 9.18 Å². The minimum atomic E-state index is -0.630. The summed E-state index contributed by atoms with van der Waals surface area (Å²) in [5.41, 5.74) is -0.567. The predicted octanol–water partition coefficient (Wildman–Crippen LogP) is 3.72. The van der Waals surface area contributed by atoms with Crippen LogP contribution in [0.15, 0.2) is 28.7 Å². The molecule has 6 nitrogen and oxygen atoms in total. The SMILES string of the molecule is CC(C)(Cc1nnc(-c2ccc(F)cc2)o1)NC(=O)OC(C)(C)C. The standard InChI is InChI=1S/C17H22FN3O3/c1-16(2,3)24-15(22)19-17(4,5)10-13-20-21-14(23-13)11-6-8-12(18)9-7-11/h6-9H,10H2,1-5H3,(H,19,22). The lowest BCUT2D eigenvalue weighted by Gasteiger charge is -2.27. The van der Waals surface area contributed by atoms with Crippen LogP contribution >= 0.6 is 0 Å². The summed E-state index contributed by atoms with van der Waals surface area (Å²) >= 11 is 0. The molecule has 0 radical (unpaired) electrons. The fourth-order valence-corrected chi connectivity index (χ4v) is 2.04. The number of alkyl carbamates (subject to hydrolysis) is 1. The van der Waals surface area contributed by atoms with Crippen molar-refractivity contribution >= 4 is 6.09 Å². The topological polar surface area (TPSA) is 77.3 Å². The Hall–Kier alpha value is -2.44. The molecule has 7 heteroatoms. The number of ether oxygens (including phenoxy) is 1. The molecule has 1 aromatic heterocycles. The van der Waals surface area contributed by atoms with Crippen LogP contribution in [0.3, 0.4) is 0 Å². The Morgan fingerprint density at radius 1 is 1.17 bits per heavy atom. The molecule has 0 spiro atoms. The van der Waals surface area contributed by atoms with Gasteiger partial charge in [-0.1, -0.05) is 0 Å². The summed E-state index contributed by atoms with van der Waals surface area (Å²) in [6, 6.07) is 5.79. The molecule has 1 N–H and O–H groups in total. The van der Waals surface area contributed by atoms with Gasteiger partial charge in [0.1, 0.15) is 11.4 Å². The first-order valence-corrected chi connectivity index (χ1v) is 7.64. The van der Waals surface area contributed by atoms with E-state index >= 15 is 0 Å². The monoisotopic (exact) mass is 335 g/mol. The highest BCUT2D eigenvalue weighted by atomic mass is 19.1. The van der Waals surface area contributed by atoms with Crippen molar-refractivity contribution in [3.05, 3.63) is 36.0 Å². The second-order valence-electron chi connectivity index (χ2n) is 7.20. The Labute approximate surface area is 140 Å². The second-order valence-corrected chi connectivity index (χ2v) is 7.20. The lowest BCUT2D eigenvalue weighted by atomic mass is 10.0. The molecule has 0 aliphatic heterocycles. The molecule has 0 unspecified atom stereocenters. The molecule has 0 saturated carbocycles. The van der Waals surface area contributed by atoms with Crippen molar-refractivity contribution in [1.82, 2.24) is 15.5 Å². The van der Waals surface area contributed by atoms with Gasteiger partial charge in [-0.25, -0.2) is 9.18 Å². The Morgan fingerprint density at radius 3 is 2.38 bits per heavy atom. The van der Waals surface area contributed by atoms with E-state index < -0.39 is 17.2 Å². The Morgan fingerprint density at radius 2 is 1.79 bits per heavy atom. The molecule has 0 aliphatic rings. The molecule has 2 rings (SSSR count). The number of amides is 1. The molecule has 0 saturated heterocycles. The van der Waals surface area contributed by atoms with Crippen molar-refractivity contribution in [2.75, 3.05) is 0 Å². The summed E-state index contributed by atoms with van der Waals surface area (Å²) in [6.45, 7) is 9.06. The first-order valence-electron chi connectivity index (χ1n) is 7.64. The fraction of sp³-hybridized carbons (Fsp3) is 0.471. The van der Waals surface area contributed by atoms with Gasteiger partial charge in [-0.05, 0) is 58.9 Å². The van der Waals surface area contributed by atoms with E-state index in [2.05, 4.69) is 15.5 Å². The first kappa shape index (κ1) is 17.9. The third-order valence-corrected chi connectivity index (χ3v) is 2.99. The van der Waals surface area contributed by atoms with Crippen LogP contribution in [0.25, 0.3) is 11.5 Å². The summed E-state index contributed by atoms with van der Waals surface area (Å²) in [5.74, 6) is 0.342. The van der Waals surface area contributed by atoms with Gasteiger partial charge < -0.3 is 14.5 Å². The van der Waals surface area contributed by atoms with Gasteiger partial charge in [0.05, 0.1) is 0 Å². The van der Waals surface area contributed by atoms with E-state index in [1.54, 1.807) is 32.9 Å². The molecule has 130 valence electrons. The first-order chi connectivity index (χ1) is 11.0. The zero-order valence-electron chi connectivity index (χ0n) is 14.5. The van der Waals surface area contributed by atoms with Crippen LogP contribution < -0.4 is 5.32 Å². The largest absolute Gasteiger partial charge is 0.444 e. The molecule has 1 amide bonds. The maximum atomic E-state index is 13.0. The normalized spacial score (nSPS) is 12.1. The van der Waals surface area contributed by atoms with Crippen LogP contribution in [0.2, 0.25) is 0 Å². The maximum Gasteiger partial charge on any atom is 0.408 e. The lowest BCUT2D eigenvalue weighted by Crippen LogP contribution is -2.47. The predicted molar refractivity (Wildman–Crippen MR) is 86.8 cm³/mol. The Kier molecular flexibility index (Phi) is 4.91. The van der Waals surface area contributed by atoms with E-state index in [9.17, 15) is 9.18 Å². The Balaban J connectivity index is 2.02. The Bertz CT molecular complexity index is 703. The number of hydrogen-bond donors (Lipinski definition) is 1. The molecular weight excluding hydrogens is 313 g/mol. The number of aromatic nitrogens is 2. The number of halogens is 1. The molecule has 0 atom stereocenters.